The van der Waals surface area contributed by atoms with Crippen LogP contribution in [0, 0.1) is 11.7 Å². The van der Waals surface area contributed by atoms with Gasteiger partial charge in [0.1, 0.15) is 0 Å². The van der Waals surface area contributed by atoms with Gasteiger partial charge in [-0.2, -0.15) is 0 Å². The van der Waals surface area contributed by atoms with Gasteiger partial charge in [-0.1, -0.05) is 11.6 Å². The maximum atomic E-state index is 13.5. The molecule has 19 heavy (non-hydrogen) atoms. The predicted octanol–water partition coefficient (Wildman–Crippen LogP) is 1.69. The van der Waals surface area contributed by atoms with E-state index in [0.717, 1.165) is 18.9 Å². The zero-order valence-corrected chi connectivity index (χ0v) is 10.5. The van der Waals surface area contributed by atoms with E-state index in [1.165, 1.54) is 6.20 Å². The molecule has 8 heteroatoms. The van der Waals surface area contributed by atoms with Crippen molar-refractivity contribution in [3.05, 3.63) is 23.1 Å². The number of amides is 2. The van der Waals surface area contributed by atoms with Gasteiger partial charge < -0.3 is 15.8 Å². The van der Waals surface area contributed by atoms with Crippen LogP contribution in [-0.4, -0.2) is 23.1 Å². The minimum atomic E-state index is -1.04. The van der Waals surface area contributed by atoms with Crippen LogP contribution in [0.5, 0.6) is 0 Å². The summed E-state index contributed by atoms with van der Waals surface area (Å²) in [5, 5.41) is 2.36. The van der Waals surface area contributed by atoms with E-state index in [-0.39, 0.29) is 16.8 Å². The van der Waals surface area contributed by atoms with Gasteiger partial charge in [-0.3, -0.25) is 4.79 Å². The molecule has 1 aliphatic rings. The average Bonchev–Trinajstić information content (AvgIpc) is 3.13. The lowest BCUT2D eigenvalue weighted by atomic mass is 10.2. The van der Waals surface area contributed by atoms with E-state index >= 15 is 0 Å². The van der Waals surface area contributed by atoms with Crippen molar-refractivity contribution in [1.29, 1.82) is 0 Å². The number of pyridine rings is 1. The summed E-state index contributed by atoms with van der Waals surface area (Å²) < 4.78 is 18.2. The molecule has 0 aliphatic heterocycles. The topological polar surface area (TPSA) is 94.3 Å². The summed E-state index contributed by atoms with van der Waals surface area (Å²) in [6.45, 7) is 0. The van der Waals surface area contributed by atoms with E-state index in [1.807, 2.05) is 0 Å². The normalized spacial score (nSPS) is 15.7. The van der Waals surface area contributed by atoms with Crippen LogP contribution in [0.15, 0.2) is 12.3 Å². The number of anilines is 1. The number of hydrogen-bond donors (Lipinski definition) is 2. The summed E-state index contributed by atoms with van der Waals surface area (Å²) in [6, 6.07) is 1.02. The minimum absolute atomic E-state index is 0.0807. The Labute approximate surface area is 113 Å². The van der Waals surface area contributed by atoms with E-state index in [9.17, 15) is 14.0 Å². The summed E-state index contributed by atoms with van der Waals surface area (Å²) in [5.74, 6) is -1.78. The van der Waals surface area contributed by atoms with Crippen LogP contribution in [0.1, 0.15) is 12.8 Å². The third-order valence-corrected chi connectivity index (χ3v) is 2.81. The van der Waals surface area contributed by atoms with Crippen molar-refractivity contribution < 1.29 is 18.7 Å². The molecule has 0 saturated heterocycles. The van der Waals surface area contributed by atoms with Crippen LogP contribution in [0.2, 0.25) is 5.02 Å². The molecule has 2 rings (SSSR count). The lowest BCUT2D eigenvalue weighted by Crippen LogP contribution is -2.36. The Hall–Kier alpha value is -1.89. The zero-order chi connectivity index (χ0) is 14.0. The second kappa shape index (κ2) is 5.40. The van der Waals surface area contributed by atoms with Gasteiger partial charge in [0.2, 0.25) is 0 Å². The van der Waals surface area contributed by atoms with E-state index in [2.05, 4.69) is 10.3 Å². The van der Waals surface area contributed by atoms with Gasteiger partial charge >= 0.3 is 6.09 Å². The van der Waals surface area contributed by atoms with Gasteiger partial charge in [0.25, 0.3) is 5.91 Å². The molecule has 102 valence electrons. The van der Waals surface area contributed by atoms with Crippen LogP contribution in [0.25, 0.3) is 0 Å². The number of halogens is 2. The number of carbonyl (C=O) groups is 2. The quantitative estimate of drug-likeness (QED) is 0.881. The first-order chi connectivity index (χ1) is 8.97. The van der Waals surface area contributed by atoms with E-state index in [4.69, 9.17) is 22.1 Å². The van der Waals surface area contributed by atoms with Crippen LogP contribution >= 0.6 is 11.6 Å². The molecule has 1 atom stereocenters. The highest BCUT2D eigenvalue weighted by molar-refractivity contribution is 6.30. The molecule has 1 fully saturated rings. The van der Waals surface area contributed by atoms with Crippen molar-refractivity contribution >= 4 is 29.4 Å². The van der Waals surface area contributed by atoms with Gasteiger partial charge in [-0.15, -0.1) is 0 Å². The molecule has 0 radical (unpaired) electrons. The minimum Gasteiger partial charge on any atom is -0.436 e. The first kappa shape index (κ1) is 13.5. The van der Waals surface area contributed by atoms with Gasteiger partial charge in [-0.25, -0.2) is 14.2 Å². The largest absolute Gasteiger partial charge is 0.436 e. The van der Waals surface area contributed by atoms with Gasteiger partial charge in [-0.05, 0) is 18.9 Å². The lowest BCUT2D eigenvalue weighted by molar-refractivity contribution is -0.125. The number of nitrogens with zero attached hydrogens (tertiary/aromatic N) is 1. The number of aromatic nitrogens is 1. The number of nitrogens with one attached hydrogen (secondary N) is 1. The SMILES string of the molecule is NC(=O)OC(C(=O)Nc1ncc(Cl)cc1F)C1CC1. The summed E-state index contributed by atoms with van der Waals surface area (Å²) in [6.07, 6.45) is 0.636. The maximum Gasteiger partial charge on any atom is 0.405 e. The monoisotopic (exact) mass is 287 g/mol. The second-order valence-electron chi connectivity index (χ2n) is 4.17. The molecular formula is C11H11ClFN3O3. The number of carbonyl (C=O) groups excluding carboxylic acids is 2. The molecule has 6 nitrogen and oxygen atoms in total. The van der Waals surface area contributed by atoms with Crippen LogP contribution < -0.4 is 11.1 Å². The van der Waals surface area contributed by atoms with Crippen molar-refractivity contribution in [2.75, 3.05) is 5.32 Å². The molecular weight excluding hydrogens is 277 g/mol. The van der Waals surface area contributed by atoms with Crippen LogP contribution in [0.3, 0.4) is 0 Å². The standard InChI is InChI=1S/C11H11ClFN3O3/c12-6-3-7(13)9(15-4-6)16-10(17)8(5-1-2-5)19-11(14)18/h3-5,8H,1-2H2,(H2,14,18)(H,15,16,17). The Bertz CT molecular complexity index is 522. The molecule has 1 aromatic rings. The molecule has 2 amide bonds. The van der Waals surface area contributed by atoms with Crippen molar-refractivity contribution in [3.63, 3.8) is 0 Å². The third-order valence-electron chi connectivity index (χ3n) is 2.60. The third kappa shape index (κ3) is 3.54. The second-order valence-corrected chi connectivity index (χ2v) is 4.60. The number of rotatable bonds is 4. The summed E-state index contributed by atoms with van der Waals surface area (Å²) in [7, 11) is 0. The molecule has 0 aromatic carbocycles. The number of hydrogen-bond acceptors (Lipinski definition) is 4. The Kier molecular flexibility index (Phi) is 3.84. The van der Waals surface area contributed by atoms with Gasteiger partial charge in [0, 0.05) is 12.1 Å². The molecule has 1 aliphatic carbocycles. The van der Waals surface area contributed by atoms with Crippen molar-refractivity contribution in [1.82, 2.24) is 4.98 Å². The van der Waals surface area contributed by atoms with E-state index in [1.54, 1.807) is 0 Å². The summed E-state index contributed by atoms with van der Waals surface area (Å²) in [4.78, 5) is 26.3. The molecule has 0 bridgehead atoms. The van der Waals surface area contributed by atoms with Crippen molar-refractivity contribution in [2.24, 2.45) is 11.7 Å². The summed E-state index contributed by atoms with van der Waals surface area (Å²) in [5.41, 5.74) is 4.89. The fourth-order valence-electron chi connectivity index (χ4n) is 1.58. The highest BCUT2D eigenvalue weighted by Crippen LogP contribution is 2.35. The van der Waals surface area contributed by atoms with Crippen molar-refractivity contribution in [3.8, 4) is 0 Å². The zero-order valence-electron chi connectivity index (χ0n) is 9.73. The van der Waals surface area contributed by atoms with Gasteiger partial charge in [0.05, 0.1) is 5.02 Å². The van der Waals surface area contributed by atoms with Crippen LogP contribution in [0.4, 0.5) is 15.0 Å². The summed E-state index contributed by atoms with van der Waals surface area (Å²) >= 11 is 5.54. The fourth-order valence-corrected chi connectivity index (χ4v) is 1.73. The Morgan fingerprint density at radius 1 is 1.58 bits per heavy atom. The highest BCUT2D eigenvalue weighted by atomic mass is 35.5. The number of ether oxygens (including phenoxy) is 1. The van der Waals surface area contributed by atoms with Gasteiger partial charge in [0.15, 0.2) is 17.7 Å². The first-order valence-electron chi connectivity index (χ1n) is 5.55. The molecule has 1 unspecified atom stereocenters. The molecule has 0 spiro atoms. The molecule has 1 aromatic heterocycles. The number of nitrogens with two attached hydrogens (primary N) is 1. The fraction of sp³-hybridized carbons (Fsp3) is 0.364. The van der Waals surface area contributed by atoms with E-state index < -0.39 is 23.9 Å². The average molecular weight is 288 g/mol. The smallest absolute Gasteiger partial charge is 0.405 e. The van der Waals surface area contributed by atoms with Crippen molar-refractivity contribution in [2.45, 2.75) is 18.9 Å². The Morgan fingerprint density at radius 3 is 2.79 bits per heavy atom. The predicted molar refractivity (Wildman–Crippen MR) is 65.0 cm³/mol. The van der Waals surface area contributed by atoms with E-state index in [0.29, 0.717) is 0 Å². The molecule has 3 N–H and O–H groups in total. The Morgan fingerprint density at radius 2 is 2.26 bits per heavy atom. The molecule has 1 heterocycles. The highest BCUT2D eigenvalue weighted by Gasteiger charge is 2.39. The number of primary amides is 1. The maximum absolute atomic E-state index is 13.5. The van der Waals surface area contributed by atoms with Crippen LogP contribution in [-0.2, 0) is 9.53 Å². The first-order valence-corrected chi connectivity index (χ1v) is 5.93. The Balaban J connectivity index is 2.07. The molecule has 1 saturated carbocycles. The lowest BCUT2D eigenvalue weighted by Gasteiger charge is -2.15.